The van der Waals surface area contributed by atoms with Gasteiger partial charge in [-0.25, -0.2) is 0 Å². The van der Waals surface area contributed by atoms with E-state index in [9.17, 15) is 14.4 Å². The van der Waals surface area contributed by atoms with E-state index < -0.39 is 6.04 Å². The third kappa shape index (κ3) is 4.14. The third-order valence-corrected chi connectivity index (χ3v) is 7.65. The molecule has 4 rings (SSSR count). The zero-order chi connectivity index (χ0) is 23.0. The van der Waals surface area contributed by atoms with Crippen LogP contribution in [-0.2, 0) is 9.59 Å². The number of halogens is 1. The summed E-state index contributed by atoms with van der Waals surface area (Å²) < 4.78 is 6.56. The van der Waals surface area contributed by atoms with Gasteiger partial charge in [0.05, 0.1) is 3.57 Å². The lowest BCUT2D eigenvalue weighted by Gasteiger charge is -2.24. The molecule has 2 aliphatic rings. The lowest BCUT2D eigenvalue weighted by atomic mass is 9.97. The number of ether oxygens (including phenoxy) is 1. The van der Waals surface area contributed by atoms with E-state index in [1.807, 2.05) is 57.2 Å². The monoisotopic (exact) mass is 564 g/mol. The summed E-state index contributed by atoms with van der Waals surface area (Å²) in [6, 6.07) is 11.1. The normalized spacial score (nSPS) is 19.3. The van der Waals surface area contributed by atoms with Crippen molar-refractivity contribution in [2.75, 3.05) is 13.2 Å². The van der Waals surface area contributed by atoms with Gasteiger partial charge in [0.15, 0.2) is 6.61 Å². The van der Waals surface area contributed by atoms with Crippen molar-refractivity contribution in [2.45, 2.75) is 38.6 Å². The van der Waals surface area contributed by atoms with E-state index in [1.165, 1.54) is 11.8 Å². The molecule has 0 spiro atoms. The Labute approximate surface area is 205 Å². The zero-order valence-corrected chi connectivity index (χ0v) is 21.2. The van der Waals surface area contributed by atoms with Gasteiger partial charge in [0.2, 0.25) is 5.12 Å². The molecule has 2 unspecified atom stereocenters. The van der Waals surface area contributed by atoms with Crippen LogP contribution in [0.25, 0.3) is 11.1 Å². The molecule has 2 heterocycles. The van der Waals surface area contributed by atoms with E-state index in [4.69, 9.17) is 4.74 Å². The molecule has 2 atom stereocenters. The molecule has 2 amide bonds. The van der Waals surface area contributed by atoms with Gasteiger partial charge in [0, 0.05) is 17.7 Å². The predicted molar refractivity (Wildman–Crippen MR) is 134 cm³/mol. The molecule has 2 aliphatic heterocycles. The first-order valence-corrected chi connectivity index (χ1v) is 12.6. The maximum Gasteiger partial charge on any atom is 0.257 e. The summed E-state index contributed by atoms with van der Waals surface area (Å²) in [5, 5.41) is 2.56. The minimum atomic E-state index is -0.396. The number of rotatable bonds is 7. The van der Waals surface area contributed by atoms with Crippen LogP contribution in [0.4, 0.5) is 0 Å². The number of thioether (sulfide) groups is 1. The quantitative estimate of drug-likeness (QED) is 0.498. The van der Waals surface area contributed by atoms with Crippen LogP contribution in [0, 0.1) is 9.49 Å². The Morgan fingerprint density at radius 2 is 1.97 bits per heavy atom. The molecule has 2 aromatic carbocycles. The van der Waals surface area contributed by atoms with Crippen molar-refractivity contribution in [3.05, 3.63) is 51.1 Å². The first-order chi connectivity index (χ1) is 15.3. The number of benzene rings is 2. The molecule has 1 N–H and O–H groups in total. The molecule has 1 saturated heterocycles. The molecular formula is C24H25IN2O4S. The van der Waals surface area contributed by atoms with Crippen LogP contribution in [0.15, 0.2) is 36.4 Å². The van der Waals surface area contributed by atoms with Gasteiger partial charge in [-0.1, -0.05) is 50.7 Å². The Balaban J connectivity index is 1.62. The molecule has 1 fully saturated rings. The number of carbonyl (C=O) groups is 3. The highest BCUT2D eigenvalue weighted by molar-refractivity contribution is 14.1. The number of fused-ring (bicyclic) bond motifs is 3. The lowest BCUT2D eigenvalue weighted by molar-refractivity contribution is -0.123. The summed E-state index contributed by atoms with van der Waals surface area (Å²) in [5.74, 6) is 0.482. The summed E-state index contributed by atoms with van der Waals surface area (Å²) in [6.07, 6.45) is 0.877. The van der Waals surface area contributed by atoms with Crippen LogP contribution >= 0.6 is 34.4 Å². The van der Waals surface area contributed by atoms with Gasteiger partial charge < -0.3 is 15.0 Å². The molecule has 0 aliphatic carbocycles. The maximum atomic E-state index is 13.2. The van der Waals surface area contributed by atoms with Crippen LogP contribution in [0.5, 0.6) is 5.75 Å². The number of hydrogen-bond donors (Lipinski definition) is 1. The number of amides is 2. The van der Waals surface area contributed by atoms with Crippen LogP contribution in [0.3, 0.4) is 0 Å². The van der Waals surface area contributed by atoms with Gasteiger partial charge >= 0.3 is 0 Å². The largest absolute Gasteiger partial charge is 0.483 e. The molecule has 0 aromatic heterocycles. The predicted octanol–water partition coefficient (Wildman–Crippen LogP) is 4.62. The molecule has 0 bridgehead atoms. The zero-order valence-electron chi connectivity index (χ0n) is 18.2. The van der Waals surface area contributed by atoms with E-state index in [1.54, 1.807) is 4.90 Å². The van der Waals surface area contributed by atoms with E-state index in [2.05, 4.69) is 27.9 Å². The second-order valence-electron chi connectivity index (χ2n) is 8.24. The topological polar surface area (TPSA) is 75.7 Å². The molecule has 168 valence electrons. The summed E-state index contributed by atoms with van der Waals surface area (Å²) >= 11 is 3.44. The van der Waals surface area contributed by atoms with E-state index in [0.29, 0.717) is 17.9 Å². The van der Waals surface area contributed by atoms with Crippen molar-refractivity contribution in [1.82, 2.24) is 10.2 Å². The Hall–Kier alpha value is -2.07. The average Bonchev–Trinajstić information content (AvgIpc) is 3.24. The minimum Gasteiger partial charge on any atom is -0.483 e. The van der Waals surface area contributed by atoms with Crippen LogP contribution in [-0.4, -0.2) is 41.0 Å². The van der Waals surface area contributed by atoms with E-state index in [0.717, 1.165) is 26.7 Å². The fraction of sp³-hybridized carbons (Fsp3) is 0.375. The number of nitrogens with one attached hydrogen (secondary N) is 1. The van der Waals surface area contributed by atoms with Crippen molar-refractivity contribution >= 4 is 51.3 Å². The lowest BCUT2D eigenvalue weighted by Crippen LogP contribution is -2.39. The van der Waals surface area contributed by atoms with Gasteiger partial charge in [-0.15, -0.1) is 0 Å². The highest BCUT2D eigenvalue weighted by Gasteiger charge is 2.52. The summed E-state index contributed by atoms with van der Waals surface area (Å²) in [5.41, 5.74) is 3.46. The molecule has 32 heavy (non-hydrogen) atoms. The minimum absolute atomic E-state index is 0.0308. The van der Waals surface area contributed by atoms with Crippen LogP contribution in [0.1, 0.15) is 48.5 Å². The van der Waals surface area contributed by atoms with Gasteiger partial charge in [-0.2, -0.15) is 0 Å². The molecule has 6 nitrogen and oxygen atoms in total. The van der Waals surface area contributed by atoms with Gasteiger partial charge in [-0.05, 0) is 64.3 Å². The van der Waals surface area contributed by atoms with Crippen molar-refractivity contribution in [1.29, 1.82) is 0 Å². The van der Waals surface area contributed by atoms with Crippen LogP contribution < -0.4 is 10.1 Å². The molecular weight excluding hydrogens is 539 g/mol. The van der Waals surface area contributed by atoms with Crippen LogP contribution in [0.2, 0.25) is 0 Å². The van der Waals surface area contributed by atoms with Crippen molar-refractivity contribution in [3.63, 3.8) is 0 Å². The fourth-order valence-corrected chi connectivity index (χ4v) is 6.30. The second kappa shape index (κ2) is 9.43. The van der Waals surface area contributed by atoms with E-state index >= 15 is 0 Å². The van der Waals surface area contributed by atoms with Crippen molar-refractivity contribution in [2.24, 2.45) is 5.92 Å². The summed E-state index contributed by atoms with van der Waals surface area (Å²) in [7, 11) is 0. The molecule has 8 heteroatoms. The first kappa shape index (κ1) is 23.1. The highest BCUT2D eigenvalue weighted by Crippen LogP contribution is 2.53. The smallest absolute Gasteiger partial charge is 0.257 e. The number of hydrogen-bond acceptors (Lipinski definition) is 5. The van der Waals surface area contributed by atoms with Crippen molar-refractivity contribution < 1.29 is 19.1 Å². The Morgan fingerprint density at radius 1 is 1.22 bits per heavy atom. The Kier molecular flexibility index (Phi) is 6.80. The first-order valence-electron chi connectivity index (χ1n) is 10.7. The standard InChI is InChI=1S/C24H25IN2O4S/c1-4-10-26-19(28)12-31-18-9-8-14(11-17(18)25)15-6-5-7-16-20(15)23-27(22(16)29)21(13(2)3)24(30)32-23/h5-9,11,13,21,23H,4,10,12H2,1-3H3,(H,26,28). The molecule has 0 radical (unpaired) electrons. The van der Waals surface area contributed by atoms with Gasteiger partial charge in [-0.3, -0.25) is 14.4 Å². The molecule has 0 saturated carbocycles. The van der Waals surface area contributed by atoms with Gasteiger partial charge in [0.25, 0.3) is 11.8 Å². The SMILES string of the molecule is CCCNC(=O)COc1ccc(-c2cccc3c2C2SC(=O)C(C(C)C)N2C3=O)cc1I. The number of nitrogens with zero attached hydrogens (tertiary/aromatic N) is 1. The summed E-state index contributed by atoms with van der Waals surface area (Å²) in [6.45, 7) is 6.56. The van der Waals surface area contributed by atoms with E-state index in [-0.39, 0.29) is 34.8 Å². The maximum absolute atomic E-state index is 13.2. The van der Waals surface area contributed by atoms with Gasteiger partial charge in [0.1, 0.15) is 17.2 Å². The fourth-order valence-electron chi connectivity index (χ4n) is 4.17. The summed E-state index contributed by atoms with van der Waals surface area (Å²) in [4.78, 5) is 39.4. The Bertz CT molecular complexity index is 1090. The number of carbonyl (C=O) groups excluding carboxylic acids is 3. The average molecular weight is 564 g/mol. The second-order valence-corrected chi connectivity index (χ2v) is 10.5. The molecule has 2 aromatic rings. The Morgan fingerprint density at radius 3 is 2.66 bits per heavy atom. The highest BCUT2D eigenvalue weighted by atomic mass is 127. The van der Waals surface area contributed by atoms with Crippen molar-refractivity contribution in [3.8, 4) is 16.9 Å². The third-order valence-electron chi connectivity index (χ3n) is 5.64.